The third kappa shape index (κ3) is 6.70. The molecule has 0 aliphatic rings. The maximum atomic E-state index is 6.03. The minimum atomic E-state index is -0.207. The number of benzene rings is 3. The number of hydrogen-bond acceptors (Lipinski definition) is 0. The van der Waals surface area contributed by atoms with Gasteiger partial charge in [-0.05, 0) is 0 Å². The summed E-state index contributed by atoms with van der Waals surface area (Å²) in [5, 5.41) is 0. The number of halogens is 2. The van der Waals surface area contributed by atoms with Crippen LogP contribution in [0.5, 0.6) is 0 Å². The maximum Gasteiger partial charge on any atom is -1.00 e. The predicted octanol–water partition coefficient (Wildman–Crippen LogP) is 0.862. The summed E-state index contributed by atoms with van der Waals surface area (Å²) in [6, 6.07) is 30.1. The van der Waals surface area contributed by atoms with E-state index in [0.717, 1.165) is 19.6 Å². The minimum absolute atomic E-state index is 0. The third-order valence-corrected chi connectivity index (χ3v) is 5.42. The van der Waals surface area contributed by atoms with E-state index < -0.39 is 0 Å². The molecule has 1 N–H and O–H groups in total. The first-order chi connectivity index (χ1) is 12.3. The van der Waals surface area contributed by atoms with Crippen LogP contribution in [0.3, 0.4) is 0 Å². The summed E-state index contributed by atoms with van der Waals surface area (Å²) >= 11 is -0.207. The molecule has 4 heteroatoms. The normalized spacial score (nSPS) is 11.2. The molecule has 0 unspecified atom stereocenters. The summed E-state index contributed by atoms with van der Waals surface area (Å²) in [4.78, 5) is 1.53. The summed E-state index contributed by atoms with van der Waals surface area (Å²) in [5.41, 5.74) is 5.41. The minimum Gasteiger partial charge on any atom is -1.00 e. The molecular weight excluding hydrogens is 542 g/mol. The van der Waals surface area contributed by atoms with Crippen molar-refractivity contribution >= 4 is 14.3 Å². The van der Waals surface area contributed by atoms with E-state index in [2.05, 4.69) is 89.5 Å². The molecule has 137 valence electrons. The van der Waals surface area contributed by atoms with Crippen LogP contribution in [0.4, 0.5) is 0 Å². The monoisotopic (exact) mass is 564 g/mol. The van der Waals surface area contributed by atoms with Crippen molar-refractivity contribution in [1.82, 2.24) is 0 Å². The second-order valence-electron chi connectivity index (χ2n) is 6.13. The fourth-order valence-corrected chi connectivity index (χ4v) is 4.25. The summed E-state index contributed by atoms with van der Waals surface area (Å²) in [5.74, 6) is 0. The van der Waals surface area contributed by atoms with E-state index in [9.17, 15) is 0 Å². The van der Waals surface area contributed by atoms with E-state index in [1.165, 1.54) is 27.2 Å². The largest absolute Gasteiger partial charge is 1.00 e. The van der Waals surface area contributed by atoms with E-state index in [1.54, 1.807) is 0 Å². The Bertz CT molecular complexity index is 767. The molecule has 0 radical (unpaired) electrons. The van der Waals surface area contributed by atoms with Crippen molar-refractivity contribution in [2.75, 3.05) is 0 Å². The van der Waals surface area contributed by atoms with Gasteiger partial charge in [0.1, 0.15) is 0 Å². The van der Waals surface area contributed by atoms with Gasteiger partial charge in [0.2, 0.25) is 0 Å². The Hall–Kier alpha value is -0.867. The predicted molar refractivity (Wildman–Crippen MR) is 102 cm³/mol. The molecular formula is C22H22ClINRu. The first-order valence-corrected chi connectivity index (χ1v) is 11.6. The quantitative estimate of drug-likeness (QED) is 0.322. The summed E-state index contributed by atoms with van der Waals surface area (Å²) in [7, 11) is 6.03. The second kappa shape index (κ2) is 11.8. The summed E-state index contributed by atoms with van der Waals surface area (Å²) < 4.78 is 2.19. The molecule has 3 rings (SSSR count). The van der Waals surface area contributed by atoms with Crippen LogP contribution >= 0.6 is 9.69 Å². The van der Waals surface area contributed by atoms with E-state index >= 15 is 0 Å². The van der Waals surface area contributed by atoms with E-state index in [1.807, 2.05) is 0 Å². The Morgan fingerprint density at radius 3 is 1.73 bits per heavy atom. The molecule has 0 aliphatic heterocycles. The zero-order valence-corrected chi connectivity index (χ0v) is 19.0. The molecule has 0 amide bonds. The number of hydrogen-bond donors (Lipinski definition) is 1. The molecule has 0 bridgehead atoms. The van der Waals surface area contributed by atoms with Gasteiger partial charge in [-0.3, -0.25) is 0 Å². The van der Waals surface area contributed by atoms with Gasteiger partial charge >= 0.3 is 162 Å². The van der Waals surface area contributed by atoms with Crippen molar-refractivity contribution in [3.63, 3.8) is 0 Å². The van der Waals surface area contributed by atoms with Crippen molar-refractivity contribution in [1.29, 1.82) is 0 Å². The van der Waals surface area contributed by atoms with Gasteiger partial charge in [0, 0.05) is 0 Å². The summed E-state index contributed by atoms with van der Waals surface area (Å²) in [6.45, 7) is 3.02. The SMILES string of the molecule is [Cl][Ru]=[CH]c1ccccc1C[NH+](Cc1ccccc1)Cc1ccccc1.[I-]. The van der Waals surface area contributed by atoms with Gasteiger partial charge in [-0.15, -0.1) is 0 Å². The Balaban J connectivity index is 0.00000243. The first kappa shape index (κ1) is 21.4. The van der Waals surface area contributed by atoms with Gasteiger partial charge < -0.3 is 24.0 Å². The van der Waals surface area contributed by atoms with E-state index in [0.29, 0.717) is 0 Å². The molecule has 0 aliphatic carbocycles. The van der Waals surface area contributed by atoms with Crippen molar-refractivity contribution in [3.8, 4) is 0 Å². The molecule has 0 aromatic heterocycles. The molecule has 3 aromatic rings. The number of quaternary nitrogens is 1. The van der Waals surface area contributed by atoms with Crippen LogP contribution in [0.1, 0.15) is 22.3 Å². The third-order valence-electron chi connectivity index (χ3n) is 4.24. The molecule has 0 spiro atoms. The van der Waals surface area contributed by atoms with Crippen molar-refractivity contribution in [2.45, 2.75) is 19.6 Å². The Morgan fingerprint density at radius 1 is 0.692 bits per heavy atom. The van der Waals surface area contributed by atoms with Crippen molar-refractivity contribution < 1.29 is 44.6 Å². The first-order valence-electron chi connectivity index (χ1n) is 8.40. The van der Waals surface area contributed by atoms with Gasteiger partial charge in [0.15, 0.2) is 0 Å². The Labute approximate surface area is 184 Å². The van der Waals surface area contributed by atoms with Crippen LogP contribution in [0, 0.1) is 0 Å². The number of nitrogens with one attached hydrogen (secondary N) is 1. The standard InChI is InChI=1S/C22H21N.ClH.HI.Ru/c1-19-10-8-9-15-22(19)18-23(16-20-11-4-2-5-12-20)17-21-13-6-3-7-14-21;;;/h1-15H,16-18H2;2*1H;/q;;;+1/p-1. The van der Waals surface area contributed by atoms with Gasteiger partial charge in [0.05, 0.1) is 0 Å². The molecule has 0 heterocycles. The van der Waals surface area contributed by atoms with Crippen LogP contribution in [-0.2, 0) is 35.3 Å². The van der Waals surface area contributed by atoms with Crippen LogP contribution in [0.25, 0.3) is 0 Å². The summed E-state index contributed by atoms with van der Waals surface area (Å²) in [6.07, 6.45) is 0. The van der Waals surface area contributed by atoms with Crippen molar-refractivity contribution in [2.24, 2.45) is 0 Å². The van der Waals surface area contributed by atoms with Crippen LogP contribution in [0.15, 0.2) is 84.9 Å². The zero-order chi connectivity index (χ0) is 17.3. The fraction of sp³-hybridized carbons (Fsp3) is 0.136. The van der Waals surface area contributed by atoms with Gasteiger partial charge in [-0.25, -0.2) is 0 Å². The van der Waals surface area contributed by atoms with E-state index in [-0.39, 0.29) is 39.7 Å². The average molecular weight is 564 g/mol. The van der Waals surface area contributed by atoms with Crippen LogP contribution < -0.4 is 28.9 Å². The zero-order valence-electron chi connectivity index (χ0n) is 14.4. The molecule has 26 heavy (non-hydrogen) atoms. The van der Waals surface area contributed by atoms with E-state index in [4.69, 9.17) is 9.69 Å². The molecule has 1 nitrogen and oxygen atoms in total. The van der Waals surface area contributed by atoms with Crippen LogP contribution in [-0.4, -0.2) is 4.61 Å². The Morgan fingerprint density at radius 2 is 1.19 bits per heavy atom. The topological polar surface area (TPSA) is 4.44 Å². The van der Waals surface area contributed by atoms with Crippen LogP contribution in [0.2, 0.25) is 0 Å². The average Bonchev–Trinajstić information content (AvgIpc) is 2.65. The molecule has 0 atom stereocenters. The van der Waals surface area contributed by atoms with Gasteiger partial charge in [-0.1, -0.05) is 0 Å². The molecule has 0 saturated heterocycles. The van der Waals surface area contributed by atoms with Gasteiger partial charge in [-0.2, -0.15) is 0 Å². The molecule has 0 saturated carbocycles. The Kier molecular flexibility index (Phi) is 9.70. The van der Waals surface area contributed by atoms with Gasteiger partial charge in [0.25, 0.3) is 0 Å². The van der Waals surface area contributed by atoms with Crippen molar-refractivity contribution in [3.05, 3.63) is 107 Å². The smallest absolute Gasteiger partial charge is 1.00 e. The fourth-order valence-electron chi connectivity index (χ4n) is 3.06. The second-order valence-corrected chi connectivity index (χ2v) is 7.92. The molecule has 3 aromatic carbocycles. The molecule has 0 fully saturated rings. The number of rotatable bonds is 7. The maximum absolute atomic E-state index is 6.03.